The van der Waals surface area contributed by atoms with Gasteiger partial charge in [0.15, 0.2) is 6.10 Å². The standard InChI is InChI=1S/C29H40N2O6/c1-15-12-16(2)29-20(13-22(35-5)28(34)36-26(15)18(4)32)6-7-21-23(29)25(33)17(3)24(27(21)37-29)31-14-19-8-10-30-11-9-19/h6-12,15,17-18,20-27,31-33H,13-14H2,1-5H3/p+1/b16-12+/t15-,17?,18-,20-,21-,22+,23+,24+,25-,26+,27-,29+/m1/s1. The maximum atomic E-state index is 13.1. The van der Waals surface area contributed by atoms with Crippen molar-refractivity contribution in [2.75, 3.05) is 7.11 Å². The minimum absolute atomic E-state index is 0.0219. The van der Waals surface area contributed by atoms with Gasteiger partial charge >= 0.3 is 5.97 Å². The molecule has 5 rings (SSSR count). The first-order valence-electron chi connectivity index (χ1n) is 13.6. The van der Waals surface area contributed by atoms with E-state index in [-0.39, 0.29) is 41.7 Å². The highest BCUT2D eigenvalue weighted by Crippen LogP contribution is 2.60. The lowest BCUT2D eigenvalue weighted by atomic mass is 9.57. The number of carbonyl (C=O) groups is 1. The predicted molar refractivity (Wildman–Crippen MR) is 136 cm³/mol. The number of hydrogen-bond donors (Lipinski definition) is 3. The summed E-state index contributed by atoms with van der Waals surface area (Å²) in [6, 6.07) is 4.11. The lowest BCUT2D eigenvalue weighted by Gasteiger charge is -2.48. The fourth-order valence-corrected chi connectivity index (χ4v) is 7.55. The van der Waals surface area contributed by atoms with Crippen molar-refractivity contribution in [1.82, 2.24) is 4.98 Å². The number of cyclic esters (lactones) is 1. The summed E-state index contributed by atoms with van der Waals surface area (Å²) < 4.78 is 18.5. The van der Waals surface area contributed by atoms with Crippen LogP contribution >= 0.6 is 0 Å². The Morgan fingerprint density at radius 1 is 1.27 bits per heavy atom. The second kappa shape index (κ2) is 10.2. The second-order valence-corrected chi connectivity index (χ2v) is 11.5. The minimum atomic E-state index is -0.839. The van der Waals surface area contributed by atoms with E-state index >= 15 is 0 Å². The van der Waals surface area contributed by atoms with Crippen LogP contribution < -0.4 is 5.32 Å². The van der Waals surface area contributed by atoms with Crippen molar-refractivity contribution in [2.24, 2.45) is 29.6 Å². The molecule has 0 aromatic carbocycles. The molecule has 4 bridgehead atoms. The summed E-state index contributed by atoms with van der Waals surface area (Å²) in [5, 5.41) is 24.5. The summed E-state index contributed by atoms with van der Waals surface area (Å²) in [5.74, 6) is -0.918. The third-order valence-corrected chi connectivity index (χ3v) is 9.40. The summed E-state index contributed by atoms with van der Waals surface area (Å²) in [7, 11) is 1.51. The zero-order valence-electron chi connectivity index (χ0n) is 22.4. The van der Waals surface area contributed by atoms with Gasteiger partial charge in [0.05, 0.1) is 12.2 Å². The number of carbonyl (C=O) groups excluding carboxylic acids is 1. The molecule has 1 unspecified atom stereocenters. The van der Waals surface area contributed by atoms with Crippen LogP contribution in [-0.4, -0.2) is 70.4 Å². The van der Waals surface area contributed by atoms with Crippen LogP contribution in [0.2, 0.25) is 0 Å². The van der Waals surface area contributed by atoms with E-state index < -0.39 is 36.0 Å². The van der Waals surface area contributed by atoms with Crippen LogP contribution in [0.3, 0.4) is 0 Å². The Bertz CT molecular complexity index is 1040. The quantitative estimate of drug-likeness (QED) is 0.403. The smallest absolute Gasteiger partial charge is 0.335 e. The summed E-state index contributed by atoms with van der Waals surface area (Å²) in [6.45, 7) is 8.56. The summed E-state index contributed by atoms with van der Waals surface area (Å²) in [4.78, 5) is 17.2. The Labute approximate surface area is 219 Å². The number of quaternary nitrogens is 1. The van der Waals surface area contributed by atoms with E-state index in [1.54, 1.807) is 19.3 Å². The van der Waals surface area contributed by atoms with E-state index in [1.165, 1.54) is 12.7 Å². The molecule has 0 radical (unpaired) electrons. The third-order valence-electron chi connectivity index (χ3n) is 9.40. The molecule has 12 atom stereocenters. The number of nitrogens with zero attached hydrogens (tertiary/aromatic N) is 1. The van der Waals surface area contributed by atoms with E-state index in [2.05, 4.69) is 42.4 Å². The third kappa shape index (κ3) is 4.36. The molecule has 202 valence electrons. The van der Waals surface area contributed by atoms with Crippen LogP contribution in [0.1, 0.15) is 39.7 Å². The number of nitrogens with two attached hydrogens (primary N) is 1. The zero-order chi connectivity index (χ0) is 26.5. The molecule has 0 amide bonds. The summed E-state index contributed by atoms with van der Waals surface area (Å²) in [6.07, 6.45) is 7.44. The molecule has 8 heteroatoms. The number of rotatable bonds is 5. The van der Waals surface area contributed by atoms with Crippen LogP contribution in [0.25, 0.3) is 0 Å². The molecule has 1 saturated heterocycles. The van der Waals surface area contributed by atoms with Gasteiger partial charge in [0, 0.05) is 54.7 Å². The van der Waals surface area contributed by atoms with Gasteiger partial charge in [-0.25, -0.2) is 4.79 Å². The van der Waals surface area contributed by atoms with Crippen LogP contribution in [0.4, 0.5) is 0 Å². The van der Waals surface area contributed by atoms with Gasteiger partial charge in [0.1, 0.15) is 30.4 Å². The number of aliphatic hydroxyl groups excluding tert-OH is 2. The van der Waals surface area contributed by atoms with Gasteiger partial charge in [-0.3, -0.25) is 4.98 Å². The Morgan fingerprint density at radius 3 is 2.68 bits per heavy atom. The van der Waals surface area contributed by atoms with Gasteiger partial charge in [0.2, 0.25) is 0 Å². The molecule has 2 aliphatic heterocycles. The van der Waals surface area contributed by atoms with Gasteiger partial charge < -0.3 is 29.7 Å². The molecule has 3 heterocycles. The molecule has 1 saturated carbocycles. The first-order chi connectivity index (χ1) is 17.7. The SMILES string of the molecule is CO[C@H]1C[C@H]2C=C[C@H]3[C@H]4O[C@]2(/C(C)=C/[C@@H](C)[C@@H]([C@@H](C)O)OC1=O)[C@@H]3[C@H](O)C(C)[C@@H]4[NH2+]Cc1ccncc1. The number of methoxy groups -OCH3 is 1. The fourth-order valence-electron chi connectivity index (χ4n) is 7.55. The minimum Gasteiger partial charge on any atom is -0.457 e. The number of ether oxygens (including phenoxy) is 3. The molecule has 2 aliphatic carbocycles. The number of aliphatic hydroxyl groups is 2. The monoisotopic (exact) mass is 513 g/mol. The molecule has 2 fully saturated rings. The highest BCUT2D eigenvalue weighted by molar-refractivity contribution is 5.75. The van der Waals surface area contributed by atoms with Crippen LogP contribution in [0.5, 0.6) is 0 Å². The Morgan fingerprint density at radius 2 is 2.00 bits per heavy atom. The molecule has 1 aromatic heterocycles. The highest BCUT2D eigenvalue weighted by atomic mass is 16.6. The van der Waals surface area contributed by atoms with E-state index in [0.717, 1.165) is 12.1 Å². The molecular weight excluding hydrogens is 472 g/mol. The summed E-state index contributed by atoms with van der Waals surface area (Å²) >= 11 is 0. The Balaban J connectivity index is 1.55. The molecular formula is C29H41N2O6+. The maximum absolute atomic E-state index is 13.1. The van der Waals surface area contributed by atoms with Crippen molar-refractivity contribution < 1.29 is 34.5 Å². The van der Waals surface area contributed by atoms with Gasteiger partial charge in [-0.2, -0.15) is 0 Å². The van der Waals surface area contributed by atoms with Crippen molar-refractivity contribution in [1.29, 1.82) is 0 Å². The molecule has 37 heavy (non-hydrogen) atoms. The number of hydrogen-bond acceptors (Lipinski definition) is 7. The number of pyridine rings is 1. The van der Waals surface area contributed by atoms with Crippen molar-refractivity contribution in [3.05, 3.63) is 53.9 Å². The van der Waals surface area contributed by atoms with Gasteiger partial charge in [-0.05, 0) is 38.0 Å². The maximum Gasteiger partial charge on any atom is 0.335 e. The van der Waals surface area contributed by atoms with Crippen molar-refractivity contribution in [2.45, 2.75) is 82.8 Å². The zero-order valence-corrected chi connectivity index (χ0v) is 22.4. The molecule has 4 N–H and O–H groups in total. The van der Waals surface area contributed by atoms with Gasteiger partial charge in [0.25, 0.3) is 0 Å². The van der Waals surface area contributed by atoms with Crippen LogP contribution in [0, 0.1) is 29.6 Å². The average molecular weight is 514 g/mol. The highest BCUT2D eigenvalue weighted by Gasteiger charge is 2.69. The van der Waals surface area contributed by atoms with Crippen LogP contribution in [-0.2, 0) is 25.5 Å². The van der Waals surface area contributed by atoms with E-state index in [1.807, 2.05) is 19.1 Å². The first kappa shape index (κ1) is 26.5. The van der Waals surface area contributed by atoms with E-state index in [9.17, 15) is 15.0 Å². The van der Waals surface area contributed by atoms with Crippen LogP contribution in [0.15, 0.2) is 48.3 Å². The average Bonchev–Trinajstić information content (AvgIpc) is 3.07. The predicted octanol–water partition coefficient (Wildman–Crippen LogP) is 1.37. The second-order valence-electron chi connectivity index (χ2n) is 11.5. The van der Waals surface area contributed by atoms with Crippen molar-refractivity contribution in [3.63, 3.8) is 0 Å². The lowest BCUT2D eigenvalue weighted by Crippen LogP contribution is -2.94. The molecule has 1 aromatic rings. The number of esters is 1. The lowest BCUT2D eigenvalue weighted by molar-refractivity contribution is -0.720. The normalized spacial score (nSPS) is 45.4. The first-order valence-corrected chi connectivity index (χ1v) is 13.6. The molecule has 8 nitrogen and oxygen atoms in total. The van der Waals surface area contributed by atoms with E-state index in [0.29, 0.717) is 6.42 Å². The number of aromatic nitrogens is 1. The van der Waals surface area contributed by atoms with Gasteiger partial charge in [-0.1, -0.05) is 32.1 Å². The molecule has 1 spiro atoms. The Kier molecular flexibility index (Phi) is 7.33. The Hall–Kier alpha value is -2.10. The topological polar surface area (TPSA) is 115 Å². The van der Waals surface area contributed by atoms with Gasteiger partial charge in [-0.15, -0.1) is 0 Å². The van der Waals surface area contributed by atoms with E-state index in [4.69, 9.17) is 14.2 Å². The fraction of sp³-hybridized carbons (Fsp3) is 0.655. The van der Waals surface area contributed by atoms with Crippen molar-refractivity contribution >= 4 is 5.97 Å². The molecule has 4 aliphatic rings. The van der Waals surface area contributed by atoms with Crippen molar-refractivity contribution in [3.8, 4) is 0 Å². The largest absolute Gasteiger partial charge is 0.457 e. The summed E-state index contributed by atoms with van der Waals surface area (Å²) in [5.41, 5.74) is 1.44.